The topological polar surface area (TPSA) is 70.7 Å². The average molecular weight is 494 g/mol. The fraction of sp³-hybridized carbons (Fsp3) is 0. The average Bonchev–Trinajstić information content (AvgIpc) is 3.21. The minimum Gasteiger partial charge on any atom is -0.321 e. The highest BCUT2D eigenvalue weighted by Crippen LogP contribution is 2.28. The van der Waals surface area contributed by atoms with Gasteiger partial charge in [0.05, 0.1) is 11.4 Å². The molecule has 3 aromatic carbocycles. The number of rotatable bonds is 5. The third-order valence-electron chi connectivity index (χ3n) is 4.67. The van der Waals surface area contributed by atoms with Crippen molar-refractivity contribution in [1.82, 2.24) is 9.78 Å². The van der Waals surface area contributed by atoms with Crippen LogP contribution in [-0.4, -0.2) is 15.7 Å². The third-order valence-corrected chi connectivity index (χ3v) is 5.35. The van der Waals surface area contributed by atoms with Gasteiger partial charge in [0, 0.05) is 38.1 Å². The summed E-state index contributed by atoms with van der Waals surface area (Å²) >= 11 is 18.0. The number of hydrogen-bond acceptors (Lipinski definition) is 3. The normalized spacial score (nSPS) is 11.2. The summed E-state index contributed by atoms with van der Waals surface area (Å²) in [4.78, 5) is 12.8. The maximum atomic E-state index is 12.8. The van der Waals surface area contributed by atoms with E-state index < -0.39 is 5.91 Å². The van der Waals surface area contributed by atoms with E-state index in [-0.39, 0.29) is 5.57 Å². The lowest BCUT2D eigenvalue weighted by atomic mass is 10.1. The minimum atomic E-state index is -0.592. The van der Waals surface area contributed by atoms with Gasteiger partial charge in [0.2, 0.25) is 0 Å². The van der Waals surface area contributed by atoms with Gasteiger partial charge in [0.1, 0.15) is 11.6 Å². The van der Waals surface area contributed by atoms with Crippen LogP contribution in [0.1, 0.15) is 5.56 Å². The Kier molecular flexibility index (Phi) is 6.81. The number of anilines is 1. The Morgan fingerprint density at radius 1 is 0.939 bits per heavy atom. The van der Waals surface area contributed by atoms with Crippen molar-refractivity contribution in [3.05, 3.63) is 105 Å². The van der Waals surface area contributed by atoms with Gasteiger partial charge < -0.3 is 5.32 Å². The van der Waals surface area contributed by atoms with Gasteiger partial charge in [0.15, 0.2) is 0 Å². The van der Waals surface area contributed by atoms with Crippen LogP contribution in [0, 0.1) is 11.3 Å². The number of benzene rings is 3. The molecule has 0 atom stereocenters. The molecule has 4 rings (SSSR count). The van der Waals surface area contributed by atoms with Crippen LogP contribution in [-0.2, 0) is 4.79 Å². The molecule has 0 aliphatic rings. The molecule has 0 saturated heterocycles. The second kappa shape index (κ2) is 9.93. The van der Waals surface area contributed by atoms with Crippen LogP contribution in [0.15, 0.2) is 84.6 Å². The number of hydrogen-bond donors (Lipinski definition) is 1. The zero-order chi connectivity index (χ0) is 23.4. The van der Waals surface area contributed by atoms with E-state index in [4.69, 9.17) is 34.8 Å². The number of carbonyl (C=O) groups is 1. The fourth-order valence-corrected chi connectivity index (χ4v) is 3.82. The zero-order valence-corrected chi connectivity index (χ0v) is 19.2. The van der Waals surface area contributed by atoms with Crippen LogP contribution in [0.5, 0.6) is 0 Å². The van der Waals surface area contributed by atoms with Crippen molar-refractivity contribution < 1.29 is 4.79 Å². The van der Waals surface area contributed by atoms with Crippen LogP contribution in [0.2, 0.25) is 15.1 Å². The van der Waals surface area contributed by atoms with Crippen molar-refractivity contribution >= 4 is 52.5 Å². The molecule has 0 saturated carbocycles. The molecule has 0 bridgehead atoms. The Morgan fingerprint density at radius 2 is 1.61 bits per heavy atom. The molecule has 162 valence electrons. The van der Waals surface area contributed by atoms with Gasteiger partial charge in [-0.2, -0.15) is 10.4 Å². The van der Waals surface area contributed by atoms with Gasteiger partial charge in [-0.1, -0.05) is 65.1 Å². The molecule has 8 heteroatoms. The zero-order valence-electron chi connectivity index (χ0n) is 17.0. The quantitative estimate of drug-likeness (QED) is 0.239. The second-order valence-corrected chi connectivity index (χ2v) is 8.31. The summed E-state index contributed by atoms with van der Waals surface area (Å²) in [7, 11) is 0. The molecule has 1 heterocycles. The molecule has 1 amide bonds. The molecule has 0 fully saturated rings. The van der Waals surface area contributed by atoms with Crippen molar-refractivity contribution in [3.63, 3.8) is 0 Å². The number of para-hydroxylation sites is 1. The standard InChI is InChI=1S/C25H15Cl3N4O/c26-19-8-6-16(7-9-19)24-18(15-32(31-24)23-4-2-1-3-5-23)10-17(14-29)25(33)30-22-12-20(27)11-21(28)13-22/h1-13,15H,(H,30,33)/b17-10+. The maximum Gasteiger partial charge on any atom is 0.266 e. The maximum absolute atomic E-state index is 12.8. The highest BCUT2D eigenvalue weighted by atomic mass is 35.5. The molecule has 5 nitrogen and oxygen atoms in total. The van der Waals surface area contributed by atoms with Crippen LogP contribution in [0.4, 0.5) is 5.69 Å². The highest BCUT2D eigenvalue weighted by Gasteiger charge is 2.16. The summed E-state index contributed by atoms with van der Waals surface area (Å²) in [5.41, 5.74) is 3.10. The lowest BCUT2D eigenvalue weighted by Crippen LogP contribution is -2.13. The molecule has 0 aliphatic carbocycles. The number of nitrogens with zero attached hydrogens (tertiary/aromatic N) is 3. The number of halogens is 3. The molecule has 1 aromatic heterocycles. The smallest absolute Gasteiger partial charge is 0.266 e. The van der Waals surface area contributed by atoms with Gasteiger partial charge in [-0.3, -0.25) is 4.79 Å². The van der Waals surface area contributed by atoms with E-state index in [1.165, 1.54) is 6.08 Å². The van der Waals surface area contributed by atoms with Gasteiger partial charge in [-0.25, -0.2) is 4.68 Å². The Labute approximate surface area is 205 Å². The van der Waals surface area contributed by atoms with Crippen LogP contribution >= 0.6 is 34.8 Å². The molecule has 0 radical (unpaired) electrons. The predicted octanol–water partition coefficient (Wildman–Crippen LogP) is 7.05. The minimum absolute atomic E-state index is 0.103. The Morgan fingerprint density at radius 3 is 2.24 bits per heavy atom. The summed E-state index contributed by atoms with van der Waals surface area (Å²) < 4.78 is 1.69. The predicted molar refractivity (Wildman–Crippen MR) is 133 cm³/mol. The lowest BCUT2D eigenvalue weighted by Gasteiger charge is -2.06. The van der Waals surface area contributed by atoms with Crippen LogP contribution in [0.3, 0.4) is 0 Å². The van der Waals surface area contributed by atoms with Crippen molar-refractivity contribution in [2.45, 2.75) is 0 Å². The van der Waals surface area contributed by atoms with E-state index >= 15 is 0 Å². The van der Waals surface area contributed by atoms with Gasteiger partial charge >= 0.3 is 0 Å². The lowest BCUT2D eigenvalue weighted by molar-refractivity contribution is -0.112. The SMILES string of the molecule is N#C/C(=C\c1cn(-c2ccccc2)nc1-c1ccc(Cl)cc1)C(=O)Nc1cc(Cl)cc(Cl)c1. The Bertz CT molecular complexity index is 1370. The van der Waals surface area contributed by atoms with Crippen molar-refractivity contribution in [1.29, 1.82) is 5.26 Å². The highest BCUT2D eigenvalue weighted by molar-refractivity contribution is 6.35. The second-order valence-electron chi connectivity index (χ2n) is 7.00. The van der Waals surface area contributed by atoms with Crippen molar-refractivity contribution in [2.75, 3.05) is 5.32 Å². The summed E-state index contributed by atoms with van der Waals surface area (Å²) in [6.07, 6.45) is 3.26. The van der Waals surface area contributed by atoms with E-state index in [2.05, 4.69) is 10.4 Å². The summed E-state index contributed by atoms with van der Waals surface area (Å²) in [5, 5.41) is 18.4. The summed E-state index contributed by atoms with van der Waals surface area (Å²) in [6.45, 7) is 0. The first-order valence-electron chi connectivity index (χ1n) is 9.73. The molecule has 0 aliphatic heterocycles. The number of nitriles is 1. The molecule has 0 unspecified atom stereocenters. The Hall–Kier alpha value is -3.56. The molecule has 1 N–H and O–H groups in total. The van der Waals surface area contributed by atoms with Crippen molar-refractivity contribution in [3.8, 4) is 23.0 Å². The van der Waals surface area contributed by atoms with Crippen LogP contribution < -0.4 is 5.32 Å². The van der Waals surface area contributed by atoms with Gasteiger partial charge in [-0.05, 0) is 48.5 Å². The van der Waals surface area contributed by atoms with Gasteiger partial charge in [-0.15, -0.1) is 0 Å². The monoisotopic (exact) mass is 492 g/mol. The molecule has 4 aromatic rings. The first-order chi connectivity index (χ1) is 15.9. The van der Waals surface area contributed by atoms with E-state index in [0.29, 0.717) is 32.0 Å². The summed E-state index contributed by atoms with van der Waals surface area (Å²) in [5.74, 6) is -0.592. The summed E-state index contributed by atoms with van der Waals surface area (Å²) in [6, 6.07) is 23.3. The number of nitrogens with one attached hydrogen (secondary N) is 1. The number of aromatic nitrogens is 2. The first kappa shape index (κ1) is 22.6. The number of carbonyl (C=O) groups excluding carboxylic acids is 1. The van der Waals surface area contributed by atoms with Gasteiger partial charge in [0.25, 0.3) is 5.91 Å². The molecular formula is C25H15Cl3N4O. The van der Waals surface area contributed by atoms with E-state index in [0.717, 1.165) is 11.3 Å². The molecule has 0 spiro atoms. The van der Waals surface area contributed by atoms with Crippen molar-refractivity contribution in [2.24, 2.45) is 0 Å². The first-order valence-corrected chi connectivity index (χ1v) is 10.9. The van der Waals surface area contributed by atoms with Crippen LogP contribution in [0.25, 0.3) is 23.0 Å². The van der Waals surface area contributed by atoms with E-state index in [1.807, 2.05) is 48.5 Å². The Balaban J connectivity index is 1.75. The molecular weight excluding hydrogens is 479 g/mol. The molecule has 33 heavy (non-hydrogen) atoms. The van der Waals surface area contributed by atoms with E-state index in [9.17, 15) is 10.1 Å². The van der Waals surface area contributed by atoms with E-state index in [1.54, 1.807) is 41.2 Å². The fourth-order valence-electron chi connectivity index (χ4n) is 3.17. The largest absolute Gasteiger partial charge is 0.321 e. The third kappa shape index (κ3) is 5.44. The number of amides is 1.